The maximum absolute atomic E-state index is 10.7. The van der Waals surface area contributed by atoms with Crippen LogP contribution in [0.1, 0.15) is 48.0 Å². The normalized spacial score (nSPS) is 11.6. The van der Waals surface area contributed by atoms with Crippen molar-refractivity contribution in [3.8, 4) is 0 Å². The molecule has 14 heavy (non-hydrogen) atoms. The Labute approximate surface area is 89.4 Å². The van der Waals surface area contributed by atoms with Crippen LogP contribution in [-0.4, -0.2) is 19.0 Å². The van der Waals surface area contributed by atoms with Crippen LogP contribution in [0.5, 0.6) is 0 Å². The summed E-state index contributed by atoms with van der Waals surface area (Å²) in [4.78, 5) is 10.7. The van der Waals surface area contributed by atoms with Crippen LogP contribution < -0.4 is 0 Å². The third kappa shape index (κ3) is 11.4. The summed E-state index contributed by atoms with van der Waals surface area (Å²) in [5, 5.41) is 0. The topological polar surface area (TPSA) is 26.3 Å². The molecule has 0 rings (SSSR count). The van der Waals surface area contributed by atoms with Gasteiger partial charge in [-0.25, -0.2) is 0 Å². The Morgan fingerprint density at radius 2 is 1.93 bits per heavy atom. The first kappa shape index (κ1) is 19.0. The van der Waals surface area contributed by atoms with Gasteiger partial charge in [0.15, 0.2) is 0 Å². The van der Waals surface area contributed by atoms with E-state index < -0.39 is 0 Å². The molecule has 0 aliphatic heterocycles. The highest BCUT2D eigenvalue weighted by atomic mass is 16.5. The average Bonchev–Trinajstić information content (AvgIpc) is 2.02. The van der Waals surface area contributed by atoms with Gasteiger partial charge in [-0.2, -0.15) is 0 Å². The SMILES string of the molecule is C.C.CC/C=C/CC(CC(C)=O)OC. The Morgan fingerprint density at radius 3 is 2.29 bits per heavy atom. The molecule has 0 aromatic rings. The highest BCUT2D eigenvalue weighted by molar-refractivity contribution is 5.75. The van der Waals surface area contributed by atoms with Gasteiger partial charge in [0.1, 0.15) is 5.78 Å². The minimum absolute atomic E-state index is 0. The summed E-state index contributed by atoms with van der Waals surface area (Å²) in [6.45, 7) is 3.68. The Balaban J connectivity index is -0.000000605. The van der Waals surface area contributed by atoms with Gasteiger partial charge in [-0.15, -0.1) is 0 Å². The Morgan fingerprint density at radius 1 is 1.36 bits per heavy atom. The van der Waals surface area contributed by atoms with Gasteiger partial charge in [0.05, 0.1) is 6.10 Å². The van der Waals surface area contributed by atoms with Crippen LogP contribution in [0.3, 0.4) is 0 Å². The zero-order valence-corrected chi connectivity index (χ0v) is 8.17. The zero-order chi connectivity index (χ0) is 9.40. The number of ketones is 1. The smallest absolute Gasteiger partial charge is 0.132 e. The lowest BCUT2D eigenvalue weighted by Gasteiger charge is -2.10. The minimum atomic E-state index is 0. The van der Waals surface area contributed by atoms with Crippen molar-refractivity contribution >= 4 is 5.78 Å². The van der Waals surface area contributed by atoms with E-state index >= 15 is 0 Å². The fourth-order valence-electron chi connectivity index (χ4n) is 0.998. The predicted molar refractivity (Wildman–Crippen MR) is 63.6 cm³/mol. The third-order valence-corrected chi connectivity index (χ3v) is 1.65. The molecule has 2 heteroatoms. The van der Waals surface area contributed by atoms with Gasteiger partial charge in [0.2, 0.25) is 0 Å². The van der Waals surface area contributed by atoms with Crippen LogP contribution in [0.2, 0.25) is 0 Å². The van der Waals surface area contributed by atoms with E-state index in [1.807, 2.05) is 0 Å². The second-order valence-corrected chi connectivity index (χ2v) is 2.88. The molecule has 0 heterocycles. The number of Topliss-reactive ketones (excluding diaryl/α,β-unsaturated/α-hetero) is 1. The van der Waals surface area contributed by atoms with Gasteiger partial charge in [-0.3, -0.25) is 4.79 Å². The number of hydrogen-bond donors (Lipinski definition) is 0. The van der Waals surface area contributed by atoms with Crippen molar-refractivity contribution in [1.29, 1.82) is 0 Å². The lowest BCUT2D eigenvalue weighted by molar-refractivity contribution is -0.119. The van der Waals surface area contributed by atoms with Crippen molar-refractivity contribution in [2.75, 3.05) is 7.11 Å². The Kier molecular flexibility index (Phi) is 16.8. The van der Waals surface area contributed by atoms with Gasteiger partial charge in [-0.1, -0.05) is 33.9 Å². The number of allylic oxidation sites excluding steroid dienone is 1. The third-order valence-electron chi connectivity index (χ3n) is 1.65. The number of rotatable bonds is 6. The summed E-state index contributed by atoms with van der Waals surface area (Å²) in [6.07, 6.45) is 6.61. The van der Waals surface area contributed by atoms with Gasteiger partial charge in [-0.05, 0) is 19.8 Å². The van der Waals surface area contributed by atoms with E-state index in [1.54, 1.807) is 14.0 Å². The van der Waals surface area contributed by atoms with E-state index in [9.17, 15) is 4.79 Å². The van der Waals surface area contributed by atoms with E-state index in [1.165, 1.54) is 0 Å². The van der Waals surface area contributed by atoms with Crippen molar-refractivity contribution in [3.63, 3.8) is 0 Å². The monoisotopic (exact) mass is 202 g/mol. The largest absolute Gasteiger partial charge is 0.381 e. The fraction of sp³-hybridized carbons (Fsp3) is 0.750. The second-order valence-electron chi connectivity index (χ2n) is 2.88. The Hall–Kier alpha value is -0.630. The van der Waals surface area contributed by atoms with Crippen molar-refractivity contribution in [2.45, 2.75) is 54.1 Å². The van der Waals surface area contributed by atoms with Crippen LogP contribution in [0.15, 0.2) is 12.2 Å². The lowest BCUT2D eigenvalue weighted by Crippen LogP contribution is -2.13. The van der Waals surface area contributed by atoms with Crippen molar-refractivity contribution in [1.82, 2.24) is 0 Å². The summed E-state index contributed by atoms with van der Waals surface area (Å²) in [5.41, 5.74) is 0. The Bertz CT molecular complexity index is 150. The molecule has 0 aromatic heterocycles. The summed E-state index contributed by atoms with van der Waals surface area (Å²) in [5.74, 6) is 0.187. The molecule has 0 radical (unpaired) electrons. The maximum Gasteiger partial charge on any atom is 0.132 e. The number of hydrogen-bond acceptors (Lipinski definition) is 2. The summed E-state index contributed by atoms with van der Waals surface area (Å²) in [7, 11) is 1.65. The van der Waals surface area contributed by atoms with Gasteiger partial charge >= 0.3 is 0 Å². The van der Waals surface area contributed by atoms with E-state index in [0.717, 1.165) is 12.8 Å². The minimum Gasteiger partial charge on any atom is -0.381 e. The second kappa shape index (κ2) is 12.4. The zero-order valence-electron chi connectivity index (χ0n) is 8.17. The predicted octanol–water partition coefficient (Wildman–Crippen LogP) is 3.61. The van der Waals surface area contributed by atoms with E-state index in [0.29, 0.717) is 6.42 Å². The van der Waals surface area contributed by atoms with E-state index in [2.05, 4.69) is 19.1 Å². The van der Waals surface area contributed by atoms with Crippen LogP contribution in [0, 0.1) is 0 Å². The number of methoxy groups -OCH3 is 1. The van der Waals surface area contributed by atoms with Crippen LogP contribution in [0.4, 0.5) is 0 Å². The molecule has 0 saturated carbocycles. The highest BCUT2D eigenvalue weighted by Gasteiger charge is 2.07. The average molecular weight is 202 g/mol. The molecule has 0 saturated heterocycles. The fourth-order valence-corrected chi connectivity index (χ4v) is 0.998. The maximum atomic E-state index is 10.7. The standard InChI is InChI=1S/C10H18O2.2CH4/c1-4-5-6-7-10(12-3)8-9(2)11;;/h5-6,10H,4,7-8H2,1-3H3;2*1H4/b6-5+;;. The van der Waals surface area contributed by atoms with Crippen molar-refractivity contribution in [2.24, 2.45) is 0 Å². The molecule has 0 amide bonds. The lowest BCUT2D eigenvalue weighted by atomic mass is 10.1. The van der Waals surface area contributed by atoms with Gasteiger partial charge < -0.3 is 4.74 Å². The van der Waals surface area contributed by atoms with Crippen LogP contribution in [-0.2, 0) is 9.53 Å². The van der Waals surface area contributed by atoms with Crippen molar-refractivity contribution < 1.29 is 9.53 Å². The molecular formula is C12H26O2. The first-order valence-electron chi connectivity index (χ1n) is 4.38. The molecular weight excluding hydrogens is 176 g/mol. The molecule has 0 bridgehead atoms. The molecule has 0 aromatic carbocycles. The van der Waals surface area contributed by atoms with Crippen molar-refractivity contribution in [3.05, 3.63) is 12.2 Å². The molecule has 0 N–H and O–H groups in total. The molecule has 1 unspecified atom stereocenters. The molecule has 1 atom stereocenters. The van der Waals surface area contributed by atoms with E-state index in [4.69, 9.17) is 4.74 Å². The number of ether oxygens (including phenoxy) is 1. The first-order valence-corrected chi connectivity index (χ1v) is 4.38. The summed E-state index contributed by atoms with van der Waals surface area (Å²) >= 11 is 0. The van der Waals surface area contributed by atoms with Crippen LogP contribution >= 0.6 is 0 Å². The summed E-state index contributed by atoms with van der Waals surface area (Å²) in [6, 6.07) is 0. The molecule has 0 aliphatic rings. The number of carbonyl (C=O) groups is 1. The van der Waals surface area contributed by atoms with Gasteiger partial charge in [0, 0.05) is 13.5 Å². The summed E-state index contributed by atoms with van der Waals surface area (Å²) < 4.78 is 5.14. The highest BCUT2D eigenvalue weighted by Crippen LogP contribution is 2.04. The van der Waals surface area contributed by atoms with Crippen LogP contribution in [0.25, 0.3) is 0 Å². The molecule has 2 nitrogen and oxygen atoms in total. The van der Waals surface area contributed by atoms with E-state index in [-0.39, 0.29) is 26.7 Å². The first-order chi connectivity index (χ1) is 5.70. The molecule has 86 valence electrons. The molecule has 0 fully saturated rings. The molecule has 0 aliphatic carbocycles. The van der Waals surface area contributed by atoms with Gasteiger partial charge in [0.25, 0.3) is 0 Å². The molecule has 0 spiro atoms. The quantitative estimate of drug-likeness (QED) is 0.615. The number of carbonyl (C=O) groups excluding carboxylic acids is 1.